The van der Waals surface area contributed by atoms with Crippen LogP contribution in [0.3, 0.4) is 0 Å². The fraction of sp³-hybridized carbons (Fsp3) is 0.500. The number of likely N-dealkylation sites (N-methyl/N-ethyl adjacent to an activating group) is 1. The van der Waals surface area contributed by atoms with Crippen LogP contribution in [0.4, 0.5) is 0 Å². The van der Waals surface area contributed by atoms with Crippen LogP contribution in [-0.2, 0) is 0 Å². The van der Waals surface area contributed by atoms with Crippen LogP contribution < -0.4 is 47.7 Å². The van der Waals surface area contributed by atoms with Gasteiger partial charge in [0.15, 0.2) is 0 Å². The molecule has 6 heteroatoms. The number of nitrogens with zero attached hydrogens (tertiary/aromatic N) is 2. The second-order valence-electron chi connectivity index (χ2n) is 3.41. The van der Waals surface area contributed by atoms with E-state index in [0.717, 1.165) is 6.54 Å². The Labute approximate surface area is 121 Å². The monoisotopic (exact) mass is 207 g/mol. The third kappa shape index (κ3) is 7.49. The quantitative estimate of drug-likeness (QED) is 0.385. The zero-order valence-corrected chi connectivity index (χ0v) is 10.5. The van der Waals surface area contributed by atoms with E-state index in [9.17, 15) is 5.11 Å². The van der Waals surface area contributed by atoms with Crippen LogP contribution in [0.15, 0.2) is 18.5 Å². The Morgan fingerprint density at radius 1 is 1.50 bits per heavy atom. The van der Waals surface area contributed by atoms with Crippen LogP contribution in [0, 0.1) is 6.07 Å². The van der Waals surface area contributed by atoms with Crippen molar-refractivity contribution in [3.05, 3.63) is 35.4 Å². The Morgan fingerprint density at radius 3 is 2.69 bits per heavy atom. The molecule has 4 nitrogen and oxygen atoms in total. The molecule has 16 heavy (non-hydrogen) atoms. The molecule has 0 amide bonds. The Balaban J connectivity index is 0. The minimum Gasteiger partial charge on any atom is -0.867 e. The van der Waals surface area contributed by atoms with Gasteiger partial charge in [0.05, 0.1) is 20.6 Å². The van der Waals surface area contributed by atoms with Crippen molar-refractivity contribution in [1.29, 1.82) is 0 Å². The van der Waals surface area contributed by atoms with Crippen molar-refractivity contribution in [2.45, 2.75) is 6.23 Å². The molecule has 78 valence electrons. The molecule has 0 bridgehead atoms. The first-order valence-corrected chi connectivity index (χ1v) is 4.63. The summed E-state index contributed by atoms with van der Waals surface area (Å²) in [6, 6.07) is 4.46. The smallest absolute Gasteiger partial charge is 0.867 e. The molecule has 1 rings (SSSR count). The molecule has 0 spiro atoms. The summed E-state index contributed by atoms with van der Waals surface area (Å²) >= 11 is 0. The molecule has 1 aromatic heterocycles. The van der Waals surface area contributed by atoms with E-state index in [1.54, 1.807) is 12.3 Å². The summed E-state index contributed by atoms with van der Waals surface area (Å²) in [5, 5.41) is 15.4. The van der Waals surface area contributed by atoms with Crippen molar-refractivity contribution >= 4 is 0 Å². The molecule has 1 heterocycles. The molecule has 0 saturated heterocycles. The Kier molecular flexibility index (Phi) is 12.1. The number of nitrogens with one attached hydrogen (secondary N) is 1. The van der Waals surface area contributed by atoms with Gasteiger partial charge in [-0.3, -0.25) is 0 Å². The van der Waals surface area contributed by atoms with Crippen molar-refractivity contribution in [2.75, 3.05) is 27.2 Å². The fourth-order valence-corrected chi connectivity index (χ4v) is 0.976. The minimum atomic E-state index is -1.04. The average Bonchev–Trinajstić information content (AvgIpc) is 2.18. The fourth-order valence-electron chi connectivity index (χ4n) is 0.976. The molecule has 0 aliphatic rings. The summed E-state index contributed by atoms with van der Waals surface area (Å²) in [4.78, 5) is 5.14. The number of hydrogen-bond acceptors (Lipinski definition) is 2. The van der Waals surface area contributed by atoms with E-state index in [0.29, 0.717) is 12.1 Å². The zero-order chi connectivity index (χ0) is 10.4. The van der Waals surface area contributed by atoms with Gasteiger partial charge in [0.1, 0.15) is 0 Å². The van der Waals surface area contributed by atoms with Crippen molar-refractivity contribution in [3.63, 3.8) is 0 Å². The van der Waals surface area contributed by atoms with E-state index in [2.05, 4.69) is 16.4 Å². The first-order valence-electron chi connectivity index (χ1n) is 4.63. The van der Waals surface area contributed by atoms with Gasteiger partial charge < -0.3 is 20.3 Å². The number of hydrogen-bond donors (Lipinski definition) is 1. The van der Waals surface area contributed by atoms with E-state index in [1.165, 1.54) is 11.1 Å². The minimum absolute atomic E-state index is 0. The average molecular weight is 207 g/mol. The number of rotatable bonds is 5. The van der Waals surface area contributed by atoms with Crippen LogP contribution in [0.2, 0.25) is 0 Å². The van der Waals surface area contributed by atoms with Gasteiger partial charge in [-0.25, -0.2) is 6.23 Å². The molecule has 0 fully saturated rings. The standard InChI is InChI=1S/C10H14N3O.2Li/c1-13(2)7-6-12-10(14)9-4-3-5-11-8-9;;/h3,5,8,10H,6-7H2,1-2H3;;/q-3;2*+1/p+1. The van der Waals surface area contributed by atoms with E-state index in [-0.39, 0.29) is 37.7 Å². The van der Waals surface area contributed by atoms with Gasteiger partial charge in [0.25, 0.3) is 0 Å². The third-order valence-corrected chi connectivity index (χ3v) is 1.80. The van der Waals surface area contributed by atoms with Gasteiger partial charge in [-0.05, 0) is 0 Å². The summed E-state index contributed by atoms with van der Waals surface area (Å²) in [5.41, 5.74) is 0.515. The van der Waals surface area contributed by atoms with E-state index >= 15 is 0 Å². The van der Waals surface area contributed by atoms with Gasteiger partial charge in [-0.1, -0.05) is 18.9 Å². The predicted octanol–water partition coefficient (Wildman–Crippen LogP) is -7.23. The maximum Gasteiger partial charge on any atom is 1.00 e. The van der Waals surface area contributed by atoms with Crippen LogP contribution in [-0.4, -0.2) is 32.2 Å². The second kappa shape index (κ2) is 10.4. The molecule has 0 aliphatic carbocycles. The van der Waals surface area contributed by atoms with Crippen molar-refractivity contribution < 1.29 is 47.7 Å². The van der Waals surface area contributed by atoms with E-state index in [4.69, 9.17) is 0 Å². The van der Waals surface area contributed by atoms with Crippen LogP contribution in [0.1, 0.15) is 11.8 Å². The topological polar surface area (TPSA) is 54.5 Å². The summed E-state index contributed by atoms with van der Waals surface area (Å²) in [7, 11) is 4.07. The summed E-state index contributed by atoms with van der Waals surface area (Å²) in [6.07, 6.45) is 2.08. The molecule has 1 N–H and O–H groups in total. The Morgan fingerprint density at radius 2 is 2.19 bits per heavy atom. The number of pyridine rings is 1. The van der Waals surface area contributed by atoms with E-state index < -0.39 is 6.23 Å². The third-order valence-electron chi connectivity index (χ3n) is 1.80. The van der Waals surface area contributed by atoms with Gasteiger partial charge >= 0.3 is 37.7 Å². The number of aromatic nitrogens is 1. The first kappa shape index (κ1) is 18.6. The molecule has 0 aromatic carbocycles. The van der Waals surface area contributed by atoms with Crippen LogP contribution >= 0.6 is 0 Å². The maximum atomic E-state index is 11.5. The molecule has 0 saturated carbocycles. The van der Waals surface area contributed by atoms with Crippen molar-refractivity contribution in [3.8, 4) is 0 Å². The largest absolute Gasteiger partial charge is 1.00 e. The SMILES string of the molecule is C[NH+](C)CC[N-]C([O-])c1[c-]ccnc1.[Li+].[Li+]. The van der Waals surface area contributed by atoms with Gasteiger partial charge in [0.2, 0.25) is 0 Å². The van der Waals surface area contributed by atoms with Crippen molar-refractivity contribution in [2.24, 2.45) is 0 Å². The number of quaternary nitrogens is 1. The summed E-state index contributed by atoms with van der Waals surface area (Å²) < 4.78 is 0. The maximum absolute atomic E-state index is 11.5. The zero-order valence-electron chi connectivity index (χ0n) is 10.5. The second-order valence-corrected chi connectivity index (χ2v) is 3.41. The Hall–Kier alpha value is 0.225. The van der Waals surface area contributed by atoms with Crippen molar-refractivity contribution in [1.82, 2.24) is 4.98 Å². The normalized spacial score (nSPS) is 11.5. The molecular weight excluding hydrogens is 192 g/mol. The molecule has 0 radical (unpaired) electrons. The molecular formula is C10H15Li2N3O. The predicted molar refractivity (Wildman–Crippen MR) is 51.7 cm³/mol. The summed E-state index contributed by atoms with van der Waals surface area (Å²) in [5.74, 6) is 0. The summed E-state index contributed by atoms with van der Waals surface area (Å²) in [6.45, 7) is 1.46. The van der Waals surface area contributed by atoms with Crippen LogP contribution in [0.5, 0.6) is 0 Å². The Bertz CT molecular complexity index is 260. The molecule has 1 atom stereocenters. The molecule has 1 unspecified atom stereocenters. The van der Waals surface area contributed by atoms with Crippen LogP contribution in [0.25, 0.3) is 5.32 Å². The van der Waals surface area contributed by atoms with Gasteiger partial charge in [-0.15, -0.1) is 0 Å². The first-order chi connectivity index (χ1) is 6.70. The van der Waals surface area contributed by atoms with Gasteiger partial charge in [-0.2, -0.15) is 17.7 Å². The molecule has 0 aliphatic heterocycles. The molecule has 1 aromatic rings. The van der Waals surface area contributed by atoms with Gasteiger partial charge in [0, 0.05) is 0 Å². The van der Waals surface area contributed by atoms with E-state index in [1.807, 2.05) is 14.1 Å².